The first-order chi connectivity index (χ1) is 10.6. The Balaban J connectivity index is 1.82. The average Bonchev–Trinajstić information content (AvgIpc) is 3.10. The number of nitrogens with one attached hydrogen (secondary N) is 1. The van der Waals surface area contributed by atoms with Gasteiger partial charge in [0.25, 0.3) is 0 Å². The second kappa shape index (κ2) is 5.90. The summed E-state index contributed by atoms with van der Waals surface area (Å²) < 4.78 is 2.07. The van der Waals surface area contributed by atoms with Gasteiger partial charge in [0, 0.05) is 32.1 Å². The first-order valence-electron chi connectivity index (χ1n) is 7.86. The van der Waals surface area contributed by atoms with Crippen LogP contribution in [0.5, 0.6) is 0 Å². The molecule has 1 amide bonds. The zero-order valence-electron chi connectivity index (χ0n) is 13.3. The molecule has 1 saturated heterocycles. The standard InChI is InChI=1S/C15H22N6O/c1-4-12(22)20-7-6-11(8-20)19-14-13-15(17-9-16-14)21(5-2)10(3)18-13/h9,11H,4-8H2,1-3H3,(H,16,17,19). The van der Waals surface area contributed by atoms with Crippen LogP contribution in [0.2, 0.25) is 0 Å². The first-order valence-corrected chi connectivity index (χ1v) is 7.86. The maximum atomic E-state index is 11.8. The molecule has 22 heavy (non-hydrogen) atoms. The number of nitrogens with zero attached hydrogens (tertiary/aromatic N) is 5. The molecule has 0 aromatic carbocycles. The van der Waals surface area contributed by atoms with E-state index in [1.54, 1.807) is 6.33 Å². The van der Waals surface area contributed by atoms with Gasteiger partial charge >= 0.3 is 0 Å². The lowest BCUT2D eigenvalue weighted by Crippen LogP contribution is -2.31. The lowest BCUT2D eigenvalue weighted by Gasteiger charge is -2.16. The molecule has 2 aromatic heterocycles. The molecule has 1 unspecified atom stereocenters. The van der Waals surface area contributed by atoms with E-state index in [-0.39, 0.29) is 11.9 Å². The number of imidazole rings is 1. The third-order valence-corrected chi connectivity index (χ3v) is 4.22. The Morgan fingerprint density at radius 2 is 2.23 bits per heavy atom. The zero-order valence-corrected chi connectivity index (χ0v) is 13.3. The molecule has 3 heterocycles. The van der Waals surface area contributed by atoms with Crippen LogP contribution in [-0.4, -0.2) is 49.5 Å². The van der Waals surface area contributed by atoms with Gasteiger partial charge in [-0.2, -0.15) is 0 Å². The van der Waals surface area contributed by atoms with E-state index in [0.717, 1.165) is 48.9 Å². The Kier molecular flexibility index (Phi) is 3.96. The number of likely N-dealkylation sites (tertiary alicyclic amines) is 1. The van der Waals surface area contributed by atoms with Crippen LogP contribution < -0.4 is 5.32 Å². The van der Waals surface area contributed by atoms with Gasteiger partial charge < -0.3 is 14.8 Å². The van der Waals surface area contributed by atoms with Gasteiger partial charge in [-0.25, -0.2) is 15.0 Å². The van der Waals surface area contributed by atoms with Crippen LogP contribution in [0.1, 0.15) is 32.5 Å². The van der Waals surface area contributed by atoms with E-state index in [4.69, 9.17) is 0 Å². The molecule has 2 aromatic rings. The van der Waals surface area contributed by atoms with Gasteiger partial charge in [0.1, 0.15) is 12.2 Å². The molecule has 0 saturated carbocycles. The van der Waals surface area contributed by atoms with Crippen molar-refractivity contribution in [2.75, 3.05) is 18.4 Å². The van der Waals surface area contributed by atoms with Crippen LogP contribution in [0.4, 0.5) is 5.82 Å². The molecule has 0 spiro atoms. The fourth-order valence-corrected chi connectivity index (χ4v) is 3.05. The van der Waals surface area contributed by atoms with E-state index < -0.39 is 0 Å². The molecule has 118 valence electrons. The van der Waals surface area contributed by atoms with Gasteiger partial charge in [0.05, 0.1) is 0 Å². The summed E-state index contributed by atoms with van der Waals surface area (Å²) >= 11 is 0. The largest absolute Gasteiger partial charge is 0.364 e. The summed E-state index contributed by atoms with van der Waals surface area (Å²) in [6.07, 6.45) is 3.07. The van der Waals surface area contributed by atoms with Crippen molar-refractivity contribution in [3.63, 3.8) is 0 Å². The van der Waals surface area contributed by atoms with Crippen LogP contribution in [0.15, 0.2) is 6.33 Å². The maximum Gasteiger partial charge on any atom is 0.222 e. The van der Waals surface area contributed by atoms with Crippen molar-refractivity contribution in [1.29, 1.82) is 0 Å². The van der Waals surface area contributed by atoms with E-state index in [1.807, 2.05) is 18.7 Å². The topological polar surface area (TPSA) is 75.9 Å². The Morgan fingerprint density at radius 3 is 2.95 bits per heavy atom. The summed E-state index contributed by atoms with van der Waals surface area (Å²) in [6, 6.07) is 0.223. The summed E-state index contributed by atoms with van der Waals surface area (Å²) in [5.41, 5.74) is 1.67. The molecule has 0 bridgehead atoms. The first kappa shape index (κ1) is 14.7. The van der Waals surface area contributed by atoms with E-state index in [0.29, 0.717) is 6.42 Å². The quantitative estimate of drug-likeness (QED) is 0.928. The van der Waals surface area contributed by atoms with Crippen LogP contribution >= 0.6 is 0 Å². The van der Waals surface area contributed by atoms with Gasteiger partial charge in [-0.3, -0.25) is 4.79 Å². The summed E-state index contributed by atoms with van der Waals surface area (Å²) in [5.74, 6) is 1.91. The minimum Gasteiger partial charge on any atom is -0.364 e. The number of hydrogen-bond donors (Lipinski definition) is 1. The van der Waals surface area contributed by atoms with Crippen LogP contribution in [0, 0.1) is 6.92 Å². The van der Waals surface area contributed by atoms with E-state index >= 15 is 0 Å². The minimum atomic E-state index is 0.211. The second-order valence-electron chi connectivity index (χ2n) is 5.62. The number of anilines is 1. The molecule has 0 aliphatic carbocycles. The molecule has 3 rings (SSSR count). The van der Waals surface area contributed by atoms with Crippen molar-refractivity contribution in [3.8, 4) is 0 Å². The Bertz CT molecular complexity index is 695. The third-order valence-electron chi connectivity index (χ3n) is 4.22. The lowest BCUT2D eigenvalue weighted by atomic mass is 10.2. The maximum absolute atomic E-state index is 11.8. The molecule has 1 aliphatic heterocycles. The van der Waals surface area contributed by atoms with Gasteiger partial charge in [0.15, 0.2) is 17.0 Å². The number of aromatic nitrogens is 4. The summed E-state index contributed by atoms with van der Waals surface area (Å²) in [4.78, 5) is 27.0. The van der Waals surface area contributed by atoms with Crippen LogP contribution in [-0.2, 0) is 11.3 Å². The molecule has 1 N–H and O–H groups in total. The Hall–Kier alpha value is -2.18. The summed E-state index contributed by atoms with van der Waals surface area (Å²) in [6.45, 7) is 8.32. The SMILES string of the molecule is CCC(=O)N1CCC(Nc2ncnc3c2nc(C)n3CC)C1. The molecule has 0 radical (unpaired) electrons. The fraction of sp³-hybridized carbons (Fsp3) is 0.600. The number of amides is 1. The zero-order chi connectivity index (χ0) is 15.7. The van der Waals surface area contributed by atoms with Crippen molar-refractivity contribution in [2.45, 2.75) is 46.2 Å². The molecular formula is C15H22N6O. The fourth-order valence-electron chi connectivity index (χ4n) is 3.05. The molecule has 7 heteroatoms. The smallest absolute Gasteiger partial charge is 0.222 e. The highest BCUT2D eigenvalue weighted by atomic mass is 16.2. The molecule has 1 fully saturated rings. The molecular weight excluding hydrogens is 280 g/mol. The van der Waals surface area contributed by atoms with Crippen molar-refractivity contribution in [1.82, 2.24) is 24.4 Å². The van der Waals surface area contributed by atoms with Gasteiger partial charge in [-0.05, 0) is 20.3 Å². The summed E-state index contributed by atoms with van der Waals surface area (Å²) in [5, 5.41) is 3.44. The Morgan fingerprint density at radius 1 is 1.41 bits per heavy atom. The molecule has 1 atom stereocenters. The van der Waals surface area contributed by atoms with Crippen LogP contribution in [0.3, 0.4) is 0 Å². The van der Waals surface area contributed by atoms with E-state index in [1.165, 1.54) is 0 Å². The predicted molar refractivity (Wildman–Crippen MR) is 84.6 cm³/mol. The van der Waals surface area contributed by atoms with E-state index in [2.05, 4.69) is 31.8 Å². The Labute approximate surface area is 129 Å². The average molecular weight is 302 g/mol. The number of rotatable bonds is 4. The highest BCUT2D eigenvalue weighted by Crippen LogP contribution is 2.22. The number of hydrogen-bond acceptors (Lipinski definition) is 5. The van der Waals surface area contributed by atoms with Crippen molar-refractivity contribution in [3.05, 3.63) is 12.2 Å². The second-order valence-corrected chi connectivity index (χ2v) is 5.62. The minimum absolute atomic E-state index is 0.211. The summed E-state index contributed by atoms with van der Waals surface area (Å²) in [7, 11) is 0. The highest BCUT2D eigenvalue weighted by molar-refractivity contribution is 5.83. The molecule has 7 nitrogen and oxygen atoms in total. The van der Waals surface area contributed by atoms with Gasteiger partial charge in [-0.1, -0.05) is 6.92 Å². The van der Waals surface area contributed by atoms with Crippen LogP contribution in [0.25, 0.3) is 11.2 Å². The normalized spacial score (nSPS) is 18.1. The number of carbonyl (C=O) groups excluding carboxylic acids is 1. The van der Waals surface area contributed by atoms with Gasteiger partial charge in [0.2, 0.25) is 5.91 Å². The van der Waals surface area contributed by atoms with Gasteiger partial charge in [-0.15, -0.1) is 0 Å². The van der Waals surface area contributed by atoms with E-state index in [9.17, 15) is 4.79 Å². The predicted octanol–water partition coefficient (Wildman–Crippen LogP) is 1.58. The number of carbonyl (C=O) groups is 1. The van der Waals surface area contributed by atoms with Crippen molar-refractivity contribution < 1.29 is 4.79 Å². The number of aryl methyl sites for hydroxylation is 2. The van der Waals surface area contributed by atoms with Crippen molar-refractivity contribution >= 4 is 22.9 Å². The molecule has 1 aliphatic rings. The number of fused-ring (bicyclic) bond motifs is 1. The third kappa shape index (κ3) is 2.51. The monoisotopic (exact) mass is 302 g/mol. The lowest BCUT2D eigenvalue weighted by molar-refractivity contribution is -0.129. The highest BCUT2D eigenvalue weighted by Gasteiger charge is 2.26. The van der Waals surface area contributed by atoms with Crippen molar-refractivity contribution in [2.24, 2.45) is 0 Å².